The van der Waals surface area contributed by atoms with Crippen LogP contribution in [-0.4, -0.2) is 136 Å². The van der Waals surface area contributed by atoms with Gasteiger partial charge in [-0.1, -0.05) is 70.9 Å². The Kier molecular flexibility index (Phi) is 37.3. The zero-order chi connectivity index (χ0) is 65.0. The molecule has 0 unspecified atom stereocenters. The summed E-state index contributed by atoms with van der Waals surface area (Å²) in [6.45, 7) is 11.1. The number of rotatable bonds is 48. The van der Waals surface area contributed by atoms with E-state index in [0.29, 0.717) is 55.8 Å². The molecule has 0 spiro atoms. The van der Waals surface area contributed by atoms with Crippen LogP contribution in [-0.2, 0) is 69.3 Å². The van der Waals surface area contributed by atoms with Crippen LogP contribution < -0.4 is 55.3 Å². The zero-order valence-corrected chi connectivity index (χ0v) is 53.8. The van der Waals surface area contributed by atoms with E-state index in [4.69, 9.17) is 28.7 Å². The predicted octanol–water partition coefficient (Wildman–Crippen LogP) is 2.97. The predicted molar refractivity (Wildman–Crippen MR) is 335 cm³/mol. The minimum atomic E-state index is -1.40. The Balaban J connectivity index is 2.22. The SMILES string of the molecule is CC(C)C[C@H](CC(=O)CNC(=O)[C@H](C[Se]Cc1ccccc1)CC(=O)CNC(=O)CCC(=O)[C@H](Cc1ccccc1)NC(=O)[C@@H](N)CC(C)C)C(=O)N[C@@H](CC(C)C)C(=O)C[C@@H](CCCCN)C(=O)N[C@@H](CC(N)=O)C(=O)C[C@@H](CCCCN)C(N)=O. The number of ketones is 5. The summed E-state index contributed by atoms with van der Waals surface area (Å²) in [7, 11) is 0. The Morgan fingerprint density at radius 2 is 0.966 bits per heavy atom. The summed E-state index contributed by atoms with van der Waals surface area (Å²) in [5.41, 5.74) is 30.4. The summed E-state index contributed by atoms with van der Waals surface area (Å²) in [5.74, 6) is -10.6. The van der Waals surface area contributed by atoms with E-state index in [1.807, 2.05) is 102 Å². The van der Waals surface area contributed by atoms with Crippen molar-refractivity contribution in [2.24, 2.45) is 70.1 Å². The third-order valence-electron chi connectivity index (χ3n) is 14.7. The van der Waals surface area contributed by atoms with E-state index < -0.39 is 132 Å². The van der Waals surface area contributed by atoms with E-state index in [2.05, 4.69) is 26.6 Å². The maximum absolute atomic E-state index is 14.3. The zero-order valence-electron chi connectivity index (χ0n) is 52.1. The van der Waals surface area contributed by atoms with E-state index >= 15 is 0 Å². The van der Waals surface area contributed by atoms with Crippen molar-refractivity contribution in [2.75, 3.05) is 26.2 Å². The Morgan fingerprint density at radius 3 is 1.52 bits per heavy atom. The van der Waals surface area contributed by atoms with Gasteiger partial charge in [0.25, 0.3) is 0 Å². The molecule has 0 aliphatic heterocycles. The standard InChI is InChI=1S/C64H100N10O12Se/c1-40(2)27-47(63(85)72-52(29-42(5)6)57(79)34-46(22-14-16-26-66)62(84)73-54(35-58(68)80)56(78)33-45(60(69)82)21-13-15-25-65)31-49(75)37-71-61(83)48(39-87-38-44-19-11-8-12-20-44)32-50(76)36-70-59(81)24-23-55(77)53(30-43-17-9-7-10-18-43)74-64(86)51(67)28-41(3)4/h7-12,17-20,40-42,45-48,51-54H,13-16,21-39,65-67H2,1-6H3,(H2,68,80)(H2,69,82)(H,70,81)(H,71,83)(H,72,85)(H,73,84)(H,74,86)/t45-,46-,47-,48+,51+,52+,53+,54+/m1/s1. The molecule has 0 bridgehead atoms. The monoisotopic (exact) mass is 1280 g/mol. The molecule has 15 N–H and O–H groups in total. The first-order chi connectivity index (χ1) is 41.2. The van der Waals surface area contributed by atoms with E-state index in [-0.39, 0.29) is 109 Å². The quantitative estimate of drug-likeness (QED) is 0.0336. The van der Waals surface area contributed by atoms with Crippen molar-refractivity contribution in [2.45, 2.75) is 186 Å². The van der Waals surface area contributed by atoms with E-state index in [0.717, 1.165) is 11.1 Å². The number of carbonyl (C=O) groups is 12. The number of hydrogen-bond acceptors (Lipinski definition) is 15. The number of Topliss-reactive ketones (excluding diaryl/α,β-unsaturated/α-hetero) is 5. The molecule has 0 saturated heterocycles. The number of nitrogens with one attached hydrogen (secondary N) is 5. The second-order valence-corrected chi connectivity index (χ2v) is 26.2. The van der Waals surface area contributed by atoms with E-state index in [1.165, 1.54) is 0 Å². The normalized spacial score (nSPS) is 14.1. The van der Waals surface area contributed by atoms with Crippen LogP contribution in [0.4, 0.5) is 0 Å². The van der Waals surface area contributed by atoms with Crippen molar-refractivity contribution in [3.63, 3.8) is 0 Å². The second-order valence-electron chi connectivity index (χ2n) is 24.1. The molecular formula is C64H100N10O12Se. The summed E-state index contributed by atoms with van der Waals surface area (Å²) in [5, 5.41) is 14.5. The van der Waals surface area contributed by atoms with Crippen LogP contribution in [0.1, 0.15) is 155 Å². The molecule has 484 valence electrons. The molecule has 0 aliphatic carbocycles. The van der Waals surface area contributed by atoms with Gasteiger partial charge in [0.05, 0.1) is 18.5 Å². The minimum Gasteiger partial charge on any atom is -0.370 e. The first-order valence-corrected chi connectivity index (χ1v) is 33.1. The van der Waals surface area contributed by atoms with Crippen molar-refractivity contribution in [1.82, 2.24) is 26.6 Å². The van der Waals surface area contributed by atoms with Gasteiger partial charge < -0.3 is 34.0 Å². The van der Waals surface area contributed by atoms with Crippen LogP contribution in [0.3, 0.4) is 0 Å². The van der Waals surface area contributed by atoms with Crippen molar-refractivity contribution in [3.05, 3.63) is 71.8 Å². The van der Waals surface area contributed by atoms with Crippen LogP contribution in [0.5, 0.6) is 0 Å². The molecule has 23 heteroatoms. The fourth-order valence-electron chi connectivity index (χ4n) is 9.96. The van der Waals surface area contributed by atoms with Crippen LogP contribution >= 0.6 is 0 Å². The minimum absolute atomic E-state index is 0.0791. The Morgan fingerprint density at radius 1 is 0.471 bits per heavy atom. The van der Waals surface area contributed by atoms with Crippen LogP contribution in [0.2, 0.25) is 5.32 Å². The molecule has 87 heavy (non-hydrogen) atoms. The Labute approximate surface area is 520 Å². The number of primary amides is 2. The molecule has 0 radical (unpaired) electrons. The molecule has 7 amide bonds. The van der Waals surface area contributed by atoms with Gasteiger partial charge in [-0.25, -0.2) is 0 Å². The molecule has 22 nitrogen and oxygen atoms in total. The van der Waals surface area contributed by atoms with E-state index in [1.54, 1.807) is 0 Å². The van der Waals surface area contributed by atoms with Gasteiger partial charge >= 0.3 is 254 Å². The van der Waals surface area contributed by atoms with Crippen LogP contribution in [0, 0.1) is 41.4 Å². The number of hydrogen-bond donors (Lipinski definition) is 10. The van der Waals surface area contributed by atoms with Crippen LogP contribution in [0.25, 0.3) is 0 Å². The van der Waals surface area contributed by atoms with Gasteiger partial charge in [0, 0.05) is 24.7 Å². The molecule has 0 fully saturated rings. The van der Waals surface area contributed by atoms with Gasteiger partial charge in [-0.05, 0) is 62.6 Å². The maximum atomic E-state index is 14.3. The molecule has 8 atom stereocenters. The first kappa shape index (κ1) is 76.6. The molecular weight excluding hydrogens is 1180 g/mol. The van der Waals surface area contributed by atoms with Crippen molar-refractivity contribution >= 4 is 85.2 Å². The number of amides is 7. The van der Waals surface area contributed by atoms with Gasteiger partial charge in [0.2, 0.25) is 23.6 Å². The molecule has 2 aromatic carbocycles. The van der Waals surface area contributed by atoms with Crippen LogP contribution in [0.15, 0.2) is 60.7 Å². The van der Waals surface area contributed by atoms with Gasteiger partial charge in [0.15, 0.2) is 5.78 Å². The molecule has 2 rings (SSSR count). The summed E-state index contributed by atoms with van der Waals surface area (Å²) in [4.78, 5) is 161. The Bertz CT molecular complexity index is 2530. The molecule has 0 saturated carbocycles. The number of benzene rings is 2. The average molecular weight is 1280 g/mol. The van der Waals surface area contributed by atoms with Crippen molar-refractivity contribution in [3.8, 4) is 0 Å². The summed E-state index contributed by atoms with van der Waals surface area (Å²) < 4.78 is 0. The summed E-state index contributed by atoms with van der Waals surface area (Å²) in [6, 6.07) is 14.5. The third kappa shape index (κ3) is 32.9. The van der Waals surface area contributed by atoms with Gasteiger partial charge in [0.1, 0.15) is 0 Å². The molecule has 0 aromatic heterocycles. The fourth-order valence-corrected chi connectivity index (χ4v) is 12.3. The van der Waals surface area contributed by atoms with Gasteiger partial charge in [-0.3, -0.25) is 28.8 Å². The second kappa shape index (κ2) is 42.4. The average Bonchev–Trinajstić information content (AvgIpc) is 3.67. The van der Waals surface area contributed by atoms with Gasteiger partial charge in [-0.15, -0.1) is 0 Å². The summed E-state index contributed by atoms with van der Waals surface area (Å²) in [6.07, 6.45) is 1.25. The number of carbonyl (C=O) groups excluding carboxylic acids is 12. The first-order valence-electron chi connectivity index (χ1n) is 30.7. The molecule has 0 aliphatic rings. The smallest absolute Gasteiger partial charge is 0.370 e. The number of unbranched alkanes of at least 4 members (excludes halogenated alkanes) is 2. The fraction of sp³-hybridized carbons (Fsp3) is 0.625. The van der Waals surface area contributed by atoms with Crippen molar-refractivity contribution < 1.29 is 57.5 Å². The topological polar surface area (TPSA) is 395 Å². The Hall–Kier alpha value is -6.52. The molecule has 2 aromatic rings. The summed E-state index contributed by atoms with van der Waals surface area (Å²) >= 11 is -0.158. The van der Waals surface area contributed by atoms with E-state index in [9.17, 15) is 57.5 Å². The molecule has 0 heterocycles. The van der Waals surface area contributed by atoms with Gasteiger partial charge in [-0.2, -0.15) is 0 Å². The number of nitrogens with two attached hydrogens (primary N) is 5. The van der Waals surface area contributed by atoms with Crippen molar-refractivity contribution in [1.29, 1.82) is 0 Å². The third-order valence-corrected chi connectivity index (χ3v) is 17.1.